The van der Waals surface area contributed by atoms with Gasteiger partial charge >= 0.3 is 5.97 Å². The molecule has 0 atom stereocenters. The van der Waals surface area contributed by atoms with Crippen molar-refractivity contribution in [2.75, 3.05) is 6.61 Å². The molecule has 2 nitrogen and oxygen atoms in total. The van der Waals surface area contributed by atoms with Gasteiger partial charge in [0.05, 0.1) is 12.2 Å². The molecule has 154 valence electrons. The smallest absolute Gasteiger partial charge is 0.338 e. The van der Waals surface area contributed by atoms with E-state index >= 15 is 8.78 Å². The first-order valence-corrected chi connectivity index (χ1v) is 9.83. The number of ether oxygens (including phenoxy) is 1. The Bertz CT molecular complexity index is 1050. The molecule has 4 heteroatoms. The van der Waals surface area contributed by atoms with Gasteiger partial charge in [-0.25, -0.2) is 4.79 Å². The highest BCUT2D eigenvalue weighted by molar-refractivity contribution is 5.92. The maximum Gasteiger partial charge on any atom is 0.338 e. The topological polar surface area (TPSA) is 26.3 Å². The zero-order valence-corrected chi connectivity index (χ0v) is 17.3. The van der Waals surface area contributed by atoms with Gasteiger partial charge in [-0.1, -0.05) is 66.7 Å². The van der Waals surface area contributed by atoms with Gasteiger partial charge in [-0.2, -0.15) is 8.78 Å². The Hall–Kier alpha value is -3.27. The fourth-order valence-electron chi connectivity index (χ4n) is 3.17. The first kappa shape index (κ1) is 21.4. The largest absolute Gasteiger partial charge is 0.462 e. The van der Waals surface area contributed by atoms with E-state index in [9.17, 15) is 4.79 Å². The van der Waals surface area contributed by atoms with Gasteiger partial charge in [0.1, 0.15) is 0 Å². The number of halogens is 2. The Morgan fingerprint density at radius 2 is 1.47 bits per heavy atom. The van der Waals surface area contributed by atoms with Gasteiger partial charge in [0, 0.05) is 11.1 Å². The van der Waals surface area contributed by atoms with Crippen LogP contribution in [0.4, 0.5) is 8.78 Å². The SMILES string of the molecule is CCOC(=O)c1cc(C)c(C)cc1C(F)(F)c1ccc(/C=C/c2ccccc2)cc1. The molecule has 0 amide bonds. The van der Waals surface area contributed by atoms with E-state index in [2.05, 4.69) is 0 Å². The lowest BCUT2D eigenvalue weighted by molar-refractivity contribution is 0.0357. The first-order chi connectivity index (χ1) is 14.3. The first-order valence-electron chi connectivity index (χ1n) is 9.83. The Balaban J connectivity index is 1.94. The average molecular weight is 406 g/mol. The van der Waals surface area contributed by atoms with E-state index in [-0.39, 0.29) is 23.3 Å². The Morgan fingerprint density at radius 1 is 0.900 bits per heavy atom. The highest BCUT2D eigenvalue weighted by atomic mass is 19.3. The minimum absolute atomic E-state index is 0.0991. The Morgan fingerprint density at radius 3 is 2.07 bits per heavy atom. The highest BCUT2D eigenvalue weighted by Gasteiger charge is 2.38. The van der Waals surface area contributed by atoms with E-state index in [0.29, 0.717) is 5.56 Å². The summed E-state index contributed by atoms with van der Waals surface area (Å²) in [5.74, 6) is -4.07. The summed E-state index contributed by atoms with van der Waals surface area (Å²) in [5.41, 5.74) is 2.69. The molecule has 0 aliphatic heterocycles. The van der Waals surface area contributed by atoms with Crippen molar-refractivity contribution in [3.8, 4) is 0 Å². The fourth-order valence-corrected chi connectivity index (χ4v) is 3.17. The maximum atomic E-state index is 15.4. The molecular formula is C26H24F2O2. The normalized spacial score (nSPS) is 11.6. The van der Waals surface area contributed by atoms with Crippen molar-refractivity contribution in [3.63, 3.8) is 0 Å². The molecule has 0 radical (unpaired) electrons. The molecule has 0 aromatic heterocycles. The molecule has 0 bridgehead atoms. The lowest BCUT2D eigenvalue weighted by atomic mass is 9.91. The summed E-state index contributed by atoms with van der Waals surface area (Å²) in [7, 11) is 0. The molecule has 30 heavy (non-hydrogen) atoms. The van der Waals surface area contributed by atoms with Crippen LogP contribution in [0.15, 0.2) is 66.7 Å². The van der Waals surface area contributed by atoms with Crippen LogP contribution in [0.1, 0.15) is 50.7 Å². The summed E-state index contributed by atoms with van der Waals surface area (Å²) in [5, 5.41) is 0. The second-order valence-corrected chi connectivity index (χ2v) is 7.14. The Labute approximate surface area is 175 Å². The predicted molar refractivity (Wildman–Crippen MR) is 117 cm³/mol. The molecular weight excluding hydrogens is 382 g/mol. The van der Waals surface area contributed by atoms with Crippen LogP contribution in [0.5, 0.6) is 0 Å². The molecule has 0 spiro atoms. The van der Waals surface area contributed by atoms with Gasteiger partial charge in [0.15, 0.2) is 0 Å². The molecule has 0 fully saturated rings. The molecule has 0 aliphatic carbocycles. The molecule has 0 saturated heterocycles. The molecule has 3 aromatic carbocycles. The lowest BCUT2D eigenvalue weighted by Crippen LogP contribution is -2.21. The summed E-state index contributed by atoms with van der Waals surface area (Å²) < 4.78 is 35.8. The monoisotopic (exact) mass is 406 g/mol. The van der Waals surface area contributed by atoms with Crippen molar-refractivity contribution in [3.05, 3.63) is 106 Å². The van der Waals surface area contributed by atoms with E-state index in [4.69, 9.17) is 4.74 Å². The molecule has 3 rings (SSSR count). The van der Waals surface area contributed by atoms with Crippen LogP contribution in [0.25, 0.3) is 12.2 Å². The third-order valence-corrected chi connectivity index (χ3v) is 5.01. The van der Waals surface area contributed by atoms with E-state index in [0.717, 1.165) is 16.7 Å². The molecule has 0 unspecified atom stereocenters. The summed E-state index contributed by atoms with van der Waals surface area (Å²) in [6.45, 7) is 5.31. The number of benzene rings is 3. The predicted octanol–water partition coefficient (Wildman–Crippen LogP) is 6.79. The number of alkyl halides is 2. The molecule has 0 N–H and O–H groups in total. The minimum Gasteiger partial charge on any atom is -0.462 e. The highest BCUT2D eigenvalue weighted by Crippen LogP contribution is 2.39. The van der Waals surface area contributed by atoms with Crippen molar-refractivity contribution >= 4 is 18.1 Å². The second kappa shape index (κ2) is 9.04. The minimum atomic E-state index is -3.33. The quantitative estimate of drug-likeness (QED) is 0.333. The van der Waals surface area contributed by atoms with Crippen molar-refractivity contribution in [2.24, 2.45) is 0 Å². The van der Waals surface area contributed by atoms with Gasteiger partial charge in [0.2, 0.25) is 0 Å². The molecule has 3 aromatic rings. The lowest BCUT2D eigenvalue weighted by Gasteiger charge is -2.21. The molecule has 0 saturated carbocycles. The van der Waals surface area contributed by atoms with Crippen molar-refractivity contribution in [1.29, 1.82) is 0 Å². The van der Waals surface area contributed by atoms with Crippen molar-refractivity contribution in [1.82, 2.24) is 0 Å². The van der Waals surface area contributed by atoms with Gasteiger partial charge in [-0.05, 0) is 55.2 Å². The number of aryl methyl sites for hydroxylation is 2. The number of hydrogen-bond donors (Lipinski definition) is 0. The fraction of sp³-hybridized carbons (Fsp3) is 0.192. The number of esters is 1. The van der Waals surface area contributed by atoms with Crippen LogP contribution in [0.2, 0.25) is 0 Å². The number of rotatable bonds is 6. The second-order valence-electron chi connectivity index (χ2n) is 7.14. The zero-order valence-electron chi connectivity index (χ0n) is 17.3. The summed E-state index contributed by atoms with van der Waals surface area (Å²) >= 11 is 0. The number of hydrogen-bond acceptors (Lipinski definition) is 2. The van der Waals surface area contributed by atoms with Crippen LogP contribution < -0.4 is 0 Å². The van der Waals surface area contributed by atoms with E-state index < -0.39 is 11.9 Å². The van der Waals surface area contributed by atoms with E-state index in [1.165, 1.54) is 24.3 Å². The van der Waals surface area contributed by atoms with Crippen LogP contribution in [0, 0.1) is 13.8 Å². The van der Waals surface area contributed by atoms with Crippen LogP contribution in [-0.4, -0.2) is 12.6 Å². The van der Waals surface area contributed by atoms with E-state index in [1.54, 1.807) is 32.9 Å². The average Bonchev–Trinajstić information content (AvgIpc) is 2.75. The third kappa shape index (κ3) is 4.65. The summed E-state index contributed by atoms with van der Waals surface area (Å²) in [4.78, 5) is 12.3. The summed E-state index contributed by atoms with van der Waals surface area (Å²) in [6.07, 6.45) is 3.80. The van der Waals surface area contributed by atoms with Crippen molar-refractivity contribution in [2.45, 2.75) is 26.7 Å². The van der Waals surface area contributed by atoms with Crippen molar-refractivity contribution < 1.29 is 18.3 Å². The van der Waals surface area contributed by atoms with Crippen LogP contribution in [-0.2, 0) is 10.7 Å². The van der Waals surface area contributed by atoms with Gasteiger partial charge in [-0.3, -0.25) is 0 Å². The number of carbonyl (C=O) groups is 1. The van der Waals surface area contributed by atoms with Crippen LogP contribution >= 0.6 is 0 Å². The molecule has 0 aliphatic rings. The zero-order chi connectivity index (χ0) is 21.7. The van der Waals surface area contributed by atoms with Gasteiger partial charge in [0.25, 0.3) is 5.92 Å². The van der Waals surface area contributed by atoms with Crippen LogP contribution in [0.3, 0.4) is 0 Å². The van der Waals surface area contributed by atoms with Gasteiger partial charge in [-0.15, -0.1) is 0 Å². The Kier molecular flexibility index (Phi) is 6.46. The third-order valence-electron chi connectivity index (χ3n) is 5.01. The summed E-state index contributed by atoms with van der Waals surface area (Å²) in [6, 6.07) is 18.7. The molecule has 0 heterocycles. The maximum absolute atomic E-state index is 15.4. The standard InChI is InChI=1S/C26H24F2O2/c1-4-30-25(29)23-16-18(2)19(3)17-24(23)26(27,28)22-14-12-21(13-15-22)11-10-20-8-6-5-7-9-20/h5-17H,4H2,1-3H3/b11-10+. The van der Waals surface area contributed by atoms with E-state index in [1.807, 2.05) is 42.5 Å². The van der Waals surface area contributed by atoms with Gasteiger partial charge < -0.3 is 4.74 Å². The number of carbonyl (C=O) groups excluding carboxylic acids is 1.